The Morgan fingerprint density at radius 2 is 2.00 bits per heavy atom. The number of carbonyl (C=O) groups is 1. The average Bonchev–Trinajstić information content (AvgIpc) is 2.42. The second-order valence-corrected chi connectivity index (χ2v) is 3.93. The normalized spacial score (nSPS) is 9.95. The zero-order valence-electron chi connectivity index (χ0n) is 10.4. The summed E-state index contributed by atoms with van der Waals surface area (Å²) in [4.78, 5) is 12.1. The summed E-state index contributed by atoms with van der Waals surface area (Å²) < 4.78 is 5.14. The molecular weight excluding hydrogens is 244 g/mol. The number of carbonyl (C=O) groups excluding carboxylic acids is 1. The van der Waals surface area contributed by atoms with Crippen LogP contribution in [0.25, 0.3) is 0 Å². The fraction of sp³-hybridized carbons (Fsp3) is 0.0714. The van der Waals surface area contributed by atoms with Gasteiger partial charge in [0.05, 0.1) is 18.4 Å². The maximum Gasteiger partial charge on any atom is 0.257 e. The van der Waals surface area contributed by atoms with Crippen LogP contribution in [-0.2, 0) is 0 Å². The van der Waals surface area contributed by atoms with Gasteiger partial charge in [-0.2, -0.15) is 0 Å². The second-order valence-electron chi connectivity index (χ2n) is 3.93. The van der Waals surface area contributed by atoms with Gasteiger partial charge in [0.25, 0.3) is 5.91 Å². The van der Waals surface area contributed by atoms with Gasteiger partial charge in [-0.3, -0.25) is 4.79 Å². The summed E-state index contributed by atoms with van der Waals surface area (Å²) in [6.45, 7) is 0. The molecule has 0 fully saturated rings. The molecule has 0 saturated carbocycles. The van der Waals surface area contributed by atoms with Crippen LogP contribution in [0.4, 0.5) is 11.4 Å². The number of aromatic hydroxyl groups is 1. The smallest absolute Gasteiger partial charge is 0.257 e. The molecule has 0 spiro atoms. The first-order valence-electron chi connectivity index (χ1n) is 5.64. The van der Waals surface area contributed by atoms with Crippen molar-refractivity contribution < 1.29 is 14.6 Å². The summed E-state index contributed by atoms with van der Waals surface area (Å²) in [6.07, 6.45) is 0. The summed E-state index contributed by atoms with van der Waals surface area (Å²) in [6, 6.07) is 11.3. The molecule has 0 aromatic heterocycles. The van der Waals surface area contributed by atoms with Crippen molar-refractivity contribution in [3.8, 4) is 11.5 Å². The van der Waals surface area contributed by atoms with E-state index in [4.69, 9.17) is 10.5 Å². The van der Waals surface area contributed by atoms with E-state index >= 15 is 0 Å². The lowest BCUT2D eigenvalue weighted by Crippen LogP contribution is -2.14. The lowest BCUT2D eigenvalue weighted by molar-refractivity contribution is 0.102. The molecule has 98 valence electrons. The van der Waals surface area contributed by atoms with E-state index in [2.05, 4.69) is 5.32 Å². The number of rotatable bonds is 3. The molecule has 0 bridgehead atoms. The Bertz CT molecular complexity index is 611. The Hall–Kier alpha value is -2.69. The highest BCUT2D eigenvalue weighted by Crippen LogP contribution is 2.25. The summed E-state index contributed by atoms with van der Waals surface area (Å²) in [5.74, 6) is 0.131. The summed E-state index contributed by atoms with van der Waals surface area (Å²) in [5.41, 5.74) is 6.76. The fourth-order valence-electron chi connectivity index (χ4n) is 1.68. The Labute approximate surface area is 110 Å². The number of phenols is 1. The molecule has 0 aliphatic rings. The van der Waals surface area contributed by atoms with E-state index in [0.717, 1.165) is 0 Å². The van der Waals surface area contributed by atoms with Crippen molar-refractivity contribution in [1.29, 1.82) is 0 Å². The van der Waals surface area contributed by atoms with Crippen molar-refractivity contribution in [1.82, 2.24) is 0 Å². The summed E-state index contributed by atoms with van der Waals surface area (Å²) in [7, 11) is 1.52. The number of methoxy groups -OCH3 is 1. The number of phenolic OH excluding ortho intramolecular Hbond substituents is 1. The van der Waals surface area contributed by atoms with Crippen molar-refractivity contribution >= 4 is 17.3 Å². The third-order valence-corrected chi connectivity index (χ3v) is 2.64. The number of hydrogen-bond donors (Lipinski definition) is 3. The van der Waals surface area contributed by atoms with Crippen LogP contribution < -0.4 is 15.8 Å². The number of nitrogens with one attached hydrogen (secondary N) is 1. The van der Waals surface area contributed by atoms with Crippen molar-refractivity contribution in [3.63, 3.8) is 0 Å². The van der Waals surface area contributed by atoms with Gasteiger partial charge >= 0.3 is 0 Å². The fourth-order valence-corrected chi connectivity index (χ4v) is 1.68. The average molecular weight is 258 g/mol. The van der Waals surface area contributed by atoms with Gasteiger partial charge in [0.2, 0.25) is 0 Å². The first-order valence-corrected chi connectivity index (χ1v) is 5.64. The number of para-hydroxylation sites is 2. The lowest BCUT2D eigenvalue weighted by atomic mass is 10.1. The van der Waals surface area contributed by atoms with E-state index < -0.39 is 5.91 Å². The summed E-state index contributed by atoms with van der Waals surface area (Å²) >= 11 is 0. The third kappa shape index (κ3) is 2.77. The number of nitrogen functional groups attached to an aromatic ring is 1. The molecule has 0 saturated heterocycles. The van der Waals surface area contributed by atoms with Crippen LogP contribution in [0.15, 0.2) is 42.5 Å². The molecule has 4 N–H and O–H groups in total. The molecule has 1 amide bonds. The van der Waals surface area contributed by atoms with Crippen molar-refractivity contribution in [2.24, 2.45) is 0 Å². The number of benzene rings is 2. The molecule has 0 unspecified atom stereocenters. The molecule has 0 aliphatic heterocycles. The topological polar surface area (TPSA) is 84.6 Å². The van der Waals surface area contributed by atoms with Gasteiger partial charge in [-0.15, -0.1) is 0 Å². The first kappa shape index (κ1) is 12.8. The summed E-state index contributed by atoms with van der Waals surface area (Å²) in [5, 5.41) is 12.1. The molecule has 2 aromatic rings. The number of amides is 1. The van der Waals surface area contributed by atoms with Gasteiger partial charge in [-0.05, 0) is 30.3 Å². The zero-order valence-corrected chi connectivity index (χ0v) is 10.4. The van der Waals surface area contributed by atoms with E-state index in [-0.39, 0.29) is 11.3 Å². The van der Waals surface area contributed by atoms with Crippen LogP contribution in [-0.4, -0.2) is 18.1 Å². The van der Waals surface area contributed by atoms with Gasteiger partial charge < -0.3 is 20.9 Å². The van der Waals surface area contributed by atoms with E-state index in [9.17, 15) is 9.90 Å². The highest BCUT2D eigenvalue weighted by molar-refractivity contribution is 6.08. The minimum atomic E-state index is -0.405. The molecule has 5 heteroatoms. The molecule has 2 rings (SSSR count). The predicted molar refractivity (Wildman–Crippen MR) is 73.5 cm³/mol. The third-order valence-electron chi connectivity index (χ3n) is 2.64. The van der Waals surface area contributed by atoms with Crippen LogP contribution in [0.3, 0.4) is 0 Å². The SMILES string of the molecule is COc1ccccc1NC(=O)c1cc(O)ccc1N. The van der Waals surface area contributed by atoms with Gasteiger partial charge in [0, 0.05) is 5.69 Å². The number of nitrogens with two attached hydrogens (primary N) is 1. The van der Waals surface area contributed by atoms with Crippen molar-refractivity contribution in [2.45, 2.75) is 0 Å². The monoisotopic (exact) mass is 258 g/mol. The van der Waals surface area contributed by atoms with E-state index in [1.165, 1.54) is 25.3 Å². The van der Waals surface area contributed by atoms with Gasteiger partial charge in [0.1, 0.15) is 11.5 Å². The number of ether oxygens (including phenoxy) is 1. The van der Waals surface area contributed by atoms with Crippen LogP contribution in [0.5, 0.6) is 11.5 Å². The molecule has 0 atom stereocenters. The zero-order chi connectivity index (χ0) is 13.8. The van der Waals surface area contributed by atoms with Crippen LogP contribution >= 0.6 is 0 Å². The number of anilines is 2. The minimum Gasteiger partial charge on any atom is -0.508 e. The highest BCUT2D eigenvalue weighted by atomic mass is 16.5. The molecule has 19 heavy (non-hydrogen) atoms. The lowest BCUT2D eigenvalue weighted by Gasteiger charge is -2.11. The molecule has 2 aromatic carbocycles. The van der Waals surface area contributed by atoms with Gasteiger partial charge in [-0.25, -0.2) is 0 Å². The highest BCUT2D eigenvalue weighted by Gasteiger charge is 2.12. The molecule has 0 heterocycles. The molecule has 5 nitrogen and oxygen atoms in total. The molecule has 0 radical (unpaired) electrons. The Morgan fingerprint density at radius 1 is 1.26 bits per heavy atom. The Balaban J connectivity index is 2.28. The minimum absolute atomic E-state index is 0.0145. The largest absolute Gasteiger partial charge is 0.508 e. The van der Waals surface area contributed by atoms with Crippen molar-refractivity contribution in [3.05, 3.63) is 48.0 Å². The molecule has 0 aliphatic carbocycles. The first-order chi connectivity index (χ1) is 9.11. The van der Waals surface area contributed by atoms with E-state index in [1.54, 1.807) is 24.3 Å². The Kier molecular flexibility index (Phi) is 3.56. The molecular formula is C14H14N2O3. The second kappa shape index (κ2) is 5.30. The predicted octanol–water partition coefficient (Wildman–Crippen LogP) is 2.24. The van der Waals surface area contributed by atoms with E-state index in [0.29, 0.717) is 17.1 Å². The van der Waals surface area contributed by atoms with Crippen LogP contribution in [0.1, 0.15) is 10.4 Å². The maximum absolute atomic E-state index is 12.1. The quantitative estimate of drug-likeness (QED) is 0.582. The van der Waals surface area contributed by atoms with Gasteiger partial charge in [0.15, 0.2) is 0 Å². The standard InChI is InChI=1S/C14H14N2O3/c1-19-13-5-3-2-4-12(13)16-14(18)10-8-9(17)6-7-11(10)15/h2-8,17H,15H2,1H3,(H,16,18). The Morgan fingerprint density at radius 3 is 2.74 bits per heavy atom. The van der Waals surface area contributed by atoms with Crippen LogP contribution in [0.2, 0.25) is 0 Å². The van der Waals surface area contributed by atoms with Crippen molar-refractivity contribution in [2.75, 3.05) is 18.2 Å². The van der Waals surface area contributed by atoms with Gasteiger partial charge in [-0.1, -0.05) is 12.1 Å². The number of hydrogen-bond acceptors (Lipinski definition) is 4. The maximum atomic E-state index is 12.1. The van der Waals surface area contributed by atoms with E-state index in [1.807, 2.05) is 0 Å². The van der Waals surface area contributed by atoms with Crippen LogP contribution in [0, 0.1) is 0 Å².